The molecule has 3 heterocycles. The normalized spacial score (nSPS) is 17.0. The average Bonchev–Trinajstić information content (AvgIpc) is 3.63. The molecule has 2 N–H and O–H groups in total. The van der Waals surface area contributed by atoms with Crippen molar-refractivity contribution in [2.24, 2.45) is 0 Å². The number of aliphatic hydroxyl groups excluding tert-OH is 2. The molecule has 57 heavy (non-hydrogen) atoms. The fourth-order valence-corrected chi connectivity index (χ4v) is 5.52. The molecule has 6 rings (SSSR count). The van der Waals surface area contributed by atoms with Crippen molar-refractivity contribution in [2.75, 3.05) is 39.9 Å². The molecule has 300 valence electrons. The lowest BCUT2D eigenvalue weighted by Crippen LogP contribution is -2.35. The van der Waals surface area contributed by atoms with Crippen LogP contribution in [0.25, 0.3) is 0 Å². The average molecular weight is 791 g/mol. The van der Waals surface area contributed by atoms with Crippen molar-refractivity contribution in [1.29, 1.82) is 0 Å². The first-order chi connectivity index (χ1) is 27.5. The van der Waals surface area contributed by atoms with E-state index >= 15 is 0 Å². The third-order valence-electron chi connectivity index (χ3n) is 8.47. The molecule has 0 saturated carbocycles. The Morgan fingerprint density at radius 3 is 1.39 bits per heavy atom. The van der Waals surface area contributed by atoms with Crippen LogP contribution >= 0.6 is 0 Å². The van der Waals surface area contributed by atoms with Gasteiger partial charge in [0.15, 0.2) is 19.8 Å². The van der Waals surface area contributed by atoms with Crippen molar-refractivity contribution < 1.29 is 77.0 Å². The van der Waals surface area contributed by atoms with Crippen LogP contribution in [-0.4, -0.2) is 120 Å². The Hall–Kier alpha value is -6.34. The van der Waals surface area contributed by atoms with E-state index in [9.17, 15) is 38.4 Å². The molecule has 0 atom stereocenters. The molecule has 3 aromatic rings. The Balaban J connectivity index is 0.000000225. The van der Waals surface area contributed by atoms with Crippen LogP contribution in [0.4, 0.5) is 0 Å². The Bertz CT molecular complexity index is 1900. The van der Waals surface area contributed by atoms with E-state index in [1.54, 1.807) is 24.3 Å². The summed E-state index contributed by atoms with van der Waals surface area (Å²) < 4.78 is 31.0. The number of hydrogen-bond donors (Lipinski definition) is 2. The van der Waals surface area contributed by atoms with E-state index < -0.39 is 92.7 Å². The first kappa shape index (κ1) is 41.8. The number of amides is 4. The summed E-state index contributed by atoms with van der Waals surface area (Å²) >= 11 is 0. The second kappa shape index (κ2) is 20.0. The van der Waals surface area contributed by atoms with Gasteiger partial charge in [-0.3, -0.25) is 38.4 Å². The smallest absolute Gasteiger partial charge is 0.308 e. The maximum absolute atomic E-state index is 12.2. The minimum Gasteiger partial charge on any atom is -0.457 e. The second-order valence-corrected chi connectivity index (χ2v) is 12.5. The fourth-order valence-electron chi connectivity index (χ4n) is 5.52. The summed E-state index contributed by atoms with van der Waals surface area (Å²) in [6.45, 7) is -1.77. The number of fused-ring (bicyclic) bond motifs is 2. The van der Waals surface area contributed by atoms with Crippen LogP contribution in [0.3, 0.4) is 0 Å². The minimum atomic E-state index is -1.04. The van der Waals surface area contributed by atoms with Crippen molar-refractivity contribution in [3.05, 3.63) is 107 Å². The van der Waals surface area contributed by atoms with Crippen molar-refractivity contribution in [3.63, 3.8) is 0 Å². The van der Waals surface area contributed by atoms with Crippen molar-refractivity contribution in [2.45, 2.75) is 44.2 Å². The minimum absolute atomic E-state index is 0.176. The fraction of sp³-hybridized carbons (Fsp3) is 0.333. The van der Waals surface area contributed by atoms with E-state index in [0.29, 0.717) is 0 Å². The Morgan fingerprint density at radius 1 is 0.579 bits per heavy atom. The number of imide groups is 2. The number of carbonyl (C=O) groups excluding carboxylic acids is 8. The van der Waals surface area contributed by atoms with E-state index in [4.69, 9.17) is 33.9 Å². The molecule has 3 aliphatic rings. The summed E-state index contributed by atoms with van der Waals surface area (Å²) in [5.41, 5.74) is 1.89. The number of carbonyl (C=O) groups is 8. The largest absolute Gasteiger partial charge is 0.457 e. The summed E-state index contributed by atoms with van der Waals surface area (Å²) in [4.78, 5) is 97.3. The lowest BCUT2D eigenvalue weighted by atomic mass is 10.1. The third kappa shape index (κ3) is 10.9. The lowest BCUT2D eigenvalue weighted by molar-refractivity contribution is -0.229. The van der Waals surface area contributed by atoms with Crippen molar-refractivity contribution in [3.8, 4) is 0 Å². The summed E-state index contributed by atoms with van der Waals surface area (Å²) in [6.07, 6.45) is -3.23. The highest BCUT2D eigenvalue weighted by molar-refractivity contribution is 6.22. The quantitative estimate of drug-likeness (QED) is 0.126. The molecule has 3 aliphatic heterocycles. The summed E-state index contributed by atoms with van der Waals surface area (Å²) in [7, 11) is 0. The molecule has 1 saturated heterocycles. The van der Waals surface area contributed by atoms with Gasteiger partial charge in [-0.1, -0.05) is 54.6 Å². The van der Waals surface area contributed by atoms with E-state index in [1.807, 2.05) is 30.3 Å². The van der Waals surface area contributed by atoms with Crippen LogP contribution in [0.2, 0.25) is 0 Å². The molecule has 3 aromatic carbocycles. The maximum atomic E-state index is 12.2. The molecule has 0 bridgehead atoms. The zero-order valence-corrected chi connectivity index (χ0v) is 30.3. The molecule has 4 amide bonds. The van der Waals surface area contributed by atoms with Gasteiger partial charge in [-0.2, -0.15) is 0 Å². The van der Waals surface area contributed by atoms with E-state index in [1.165, 1.54) is 24.3 Å². The van der Waals surface area contributed by atoms with Crippen LogP contribution in [0.5, 0.6) is 0 Å². The summed E-state index contributed by atoms with van der Waals surface area (Å²) in [5.74, 6) is -5.06. The zero-order valence-electron chi connectivity index (χ0n) is 30.3. The molecule has 18 nitrogen and oxygen atoms in total. The second-order valence-electron chi connectivity index (χ2n) is 12.5. The predicted molar refractivity (Wildman–Crippen MR) is 189 cm³/mol. The van der Waals surface area contributed by atoms with E-state index in [2.05, 4.69) is 4.74 Å². The van der Waals surface area contributed by atoms with Gasteiger partial charge in [-0.05, 0) is 24.3 Å². The topological polar surface area (TPSA) is 239 Å². The van der Waals surface area contributed by atoms with Gasteiger partial charge in [0.2, 0.25) is 0 Å². The SMILES string of the molecule is O=C(CCC(=O)OC(CO)CO)OCN1C(=O)c2ccccc2C1=O.O=C(CCC(=O)OC1COC(c2ccccc2)OC1)OCN1C(=O)c2ccccc2C1=O. The van der Waals surface area contributed by atoms with Crippen LogP contribution in [-0.2, 0) is 47.6 Å². The summed E-state index contributed by atoms with van der Waals surface area (Å²) in [5, 5.41) is 17.6. The Kier molecular flexibility index (Phi) is 14.7. The number of rotatable bonds is 15. The van der Waals surface area contributed by atoms with Crippen LogP contribution < -0.4 is 0 Å². The molecule has 18 heteroatoms. The Labute approximate surface area is 324 Å². The van der Waals surface area contributed by atoms with Crippen LogP contribution in [0.15, 0.2) is 78.9 Å². The Morgan fingerprint density at radius 2 is 0.965 bits per heavy atom. The molecule has 0 aromatic heterocycles. The number of aliphatic hydroxyl groups is 2. The predicted octanol–water partition coefficient (Wildman–Crippen LogP) is 1.68. The number of benzene rings is 3. The first-order valence-electron chi connectivity index (χ1n) is 17.6. The van der Waals surface area contributed by atoms with E-state index in [-0.39, 0.29) is 61.2 Å². The molecular weight excluding hydrogens is 752 g/mol. The van der Waals surface area contributed by atoms with Gasteiger partial charge in [-0.25, -0.2) is 9.80 Å². The maximum Gasteiger partial charge on any atom is 0.308 e. The molecular formula is C39H38N2O16. The number of ether oxygens (including phenoxy) is 6. The van der Waals surface area contributed by atoms with Gasteiger partial charge in [0.25, 0.3) is 23.6 Å². The van der Waals surface area contributed by atoms with Gasteiger partial charge in [0, 0.05) is 5.56 Å². The van der Waals surface area contributed by atoms with Crippen molar-refractivity contribution >= 4 is 47.5 Å². The van der Waals surface area contributed by atoms with Crippen LogP contribution in [0.1, 0.15) is 79.0 Å². The molecule has 0 radical (unpaired) electrons. The van der Waals surface area contributed by atoms with Gasteiger partial charge in [-0.15, -0.1) is 0 Å². The number of hydrogen-bond acceptors (Lipinski definition) is 16. The lowest BCUT2D eigenvalue weighted by Gasteiger charge is -2.29. The molecule has 1 fully saturated rings. The molecule has 0 spiro atoms. The number of esters is 4. The first-order valence-corrected chi connectivity index (χ1v) is 17.6. The standard InChI is InChI=1S/C23H21NO8.C16H17NO8/c25-19(31-14-24-21(27)17-8-4-5-9-18(17)22(24)28)10-11-20(26)32-16-12-29-23(30-13-16)15-6-2-1-3-7-15;18-7-10(8-19)25-14(21)6-5-13(20)24-9-17-15(22)11-3-1-2-4-12(11)16(17)23/h1-9,16,23H,10-14H2;1-4,10,18-19H,5-9H2. The highest BCUT2D eigenvalue weighted by Gasteiger charge is 2.37. The van der Waals surface area contributed by atoms with Gasteiger partial charge in [0.1, 0.15) is 12.2 Å². The number of nitrogens with zero attached hydrogens (tertiary/aromatic N) is 2. The highest BCUT2D eigenvalue weighted by atomic mass is 16.7. The monoisotopic (exact) mass is 790 g/mol. The zero-order chi connectivity index (χ0) is 40.9. The summed E-state index contributed by atoms with van der Waals surface area (Å²) in [6, 6.07) is 22.0. The van der Waals surface area contributed by atoms with Crippen molar-refractivity contribution in [1.82, 2.24) is 9.80 Å². The molecule has 0 aliphatic carbocycles. The van der Waals surface area contributed by atoms with Gasteiger partial charge < -0.3 is 38.6 Å². The molecule has 0 unspecified atom stereocenters. The van der Waals surface area contributed by atoms with Crippen LogP contribution in [0, 0.1) is 0 Å². The van der Waals surface area contributed by atoms with E-state index in [0.717, 1.165) is 15.4 Å². The van der Waals surface area contributed by atoms with Gasteiger partial charge in [0.05, 0.1) is 74.4 Å². The highest BCUT2D eigenvalue weighted by Crippen LogP contribution is 2.25. The van der Waals surface area contributed by atoms with Gasteiger partial charge >= 0.3 is 23.9 Å². The third-order valence-corrected chi connectivity index (χ3v) is 8.47.